The molecule has 0 aliphatic carbocycles. The number of carboxylic acids is 1. The van der Waals surface area contributed by atoms with Gasteiger partial charge in [0.2, 0.25) is 5.91 Å². The Labute approximate surface area is 135 Å². The molecule has 1 aromatic carbocycles. The van der Waals surface area contributed by atoms with E-state index < -0.39 is 5.97 Å². The summed E-state index contributed by atoms with van der Waals surface area (Å²) in [6, 6.07) is 6.95. The smallest absolute Gasteiger partial charge is 0.341 e. The number of hydrogen-bond acceptors (Lipinski definition) is 4. The number of carboxylic acid groups (broad SMARTS) is 1. The summed E-state index contributed by atoms with van der Waals surface area (Å²) in [5.74, 6) is -0.466. The number of carbonyl (C=O) groups excluding carboxylic acids is 1. The van der Waals surface area contributed by atoms with Crippen LogP contribution in [0.5, 0.6) is 5.75 Å². The molecular formula is C17H23NO5. The van der Waals surface area contributed by atoms with Crippen molar-refractivity contribution in [1.82, 2.24) is 5.32 Å². The van der Waals surface area contributed by atoms with Crippen LogP contribution in [0.1, 0.15) is 38.3 Å². The fourth-order valence-corrected chi connectivity index (χ4v) is 2.65. The van der Waals surface area contributed by atoms with Crippen molar-refractivity contribution < 1.29 is 24.2 Å². The number of aliphatic carboxylic acids is 1. The van der Waals surface area contributed by atoms with Crippen molar-refractivity contribution in [3.8, 4) is 5.75 Å². The fraction of sp³-hybridized carbons (Fsp3) is 0.529. The number of benzene rings is 1. The Bertz CT molecular complexity index is 542. The molecule has 0 bridgehead atoms. The summed E-state index contributed by atoms with van der Waals surface area (Å²) in [5.41, 5.74) is 0.945. The summed E-state index contributed by atoms with van der Waals surface area (Å²) in [5, 5.41) is 11.6. The van der Waals surface area contributed by atoms with Gasteiger partial charge in [0.15, 0.2) is 6.61 Å². The lowest BCUT2D eigenvalue weighted by Gasteiger charge is -2.27. The van der Waals surface area contributed by atoms with Crippen LogP contribution in [0.2, 0.25) is 0 Å². The molecule has 23 heavy (non-hydrogen) atoms. The number of rotatable bonds is 6. The fourth-order valence-electron chi connectivity index (χ4n) is 2.65. The highest BCUT2D eigenvalue weighted by molar-refractivity contribution is 5.79. The van der Waals surface area contributed by atoms with Gasteiger partial charge in [0.05, 0.1) is 12.1 Å². The van der Waals surface area contributed by atoms with Gasteiger partial charge in [-0.3, -0.25) is 4.79 Å². The summed E-state index contributed by atoms with van der Waals surface area (Å²) < 4.78 is 10.6. The number of carbonyl (C=O) groups is 2. The zero-order valence-electron chi connectivity index (χ0n) is 13.5. The summed E-state index contributed by atoms with van der Waals surface area (Å²) in [6.07, 6.45) is 1.63. The van der Waals surface area contributed by atoms with Crippen LogP contribution in [0.3, 0.4) is 0 Å². The molecule has 1 aromatic rings. The normalized spacial score (nSPS) is 22.2. The van der Waals surface area contributed by atoms with Crippen molar-refractivity contribution in [2.75, 3.05) is 13.2 Å². The molecule has 1 amide bonds. The zero-order valence-corrected chi connectivity index (χ0v) is 13.5. The molecule has 6 heteroatoms. The lowest BCUT2D eigenvalue weighted by Crippen LogP contribution is -2.37. The molecule has 1 fully saturated rings. The Balaban J connectivity index is 1.88. The van der Waals surface area contributed by atoms with Crippen molar-refractivity contribution >= 4 is 11.9 Å². The third-order valence-corrected chi connectivity index (χ3v) is 3.96. The Hall–Kier alpha value is -2.08. The second kappa shape index (κ2) is 7.97. The van der Waals surface area contributed by atoms with Gasteiger partial charge in [0, 0.05) is 12.5 Å². The van der Waals surface area contributed by atoms with Gasteiger partial charge in [-0.15, -0.1) is 0 Å². The van der Waals surface area contributed by atoms with Crippen molar-refractivity contribution in [2.45, 2.75) is 38.8 Å². The van der Waals surface area contributed by atoms with Crippen LogP contribution < -0.4 is 10.1 Å². The molecule has 1 saturated heterocycles. The second-order valence-corrected chi connectivity index (χ2v) is 5.88. The molecule has 0 saturated carbocycles. The monoisotopic (exact) mass is 321 g/mol. The van der Waals surface area contributed by atoms with Crippen LogP contribution in [-0.2, 0) is 14.3 Å². The maximum absolute atomic E-state index is 12.3. The summed E-state index contributed by atoms with van der Waals surface area (Å²) in [4.78, 5) is 22.8. The molecular weight excluding hydrogens is 298 g/mol. The Morgan fingerprint density at radius 3 is 2.70 bits per heavy atom. The van der Waals surface area contributed by atoms with Gasteiger partial charge in [-0.05, 0) is 44.4 Å². The lowest BCUT2D eigenvalue weighted by atomic mass is 9.94. The van der Waals surface area contributed by atoms with Crippen LogP contribution in [-0.4, -0.2) is 36.3 Å². The molecule has 1 heterocycles. The van der Waals surface area contributed by atoms with Crippen molar-refractivity contribution in [3.05, 3.63) is 29.8 Å². The lowest BCUT2D eigenvalue weighted by molar-refractivity contribution is -0.139. The maximum atomic E-state index is 12.3. The van der Waals surface area contributed by atoms with E-state index in [1.165, 1.54) is 0 Å². The molecule has 3 atom stereocenters. The standard InChI is InChI=1S/C17H23NO5/c1-11-9-14(7-8-22-11)17(21)18-12(2)13-3-5-15(6-4-13)23-10-16(19)20/h3-6,11-12,14H,7-10H2,1-2H3,(H,18,21)(H,19,20). The van der Waals surface area contributed by atoms with Gasteiger partial charge in [0.1, 0.15) is 5.75 Å². The molecule has 2 N–H and O–H groups in total. The minimum Gasteiger partial charge on any atom is -0.482 e. The first kappa shape index (κ1) is 17.3. The van der Waals surface area contributed by atoms with E-state index in [1.54, 1.807) is 12.1 Å². The molecule has 3 unspecified atom stereocenters. The van der Waals surface area contributed by atoms with Crippen LogP contribution in [0.15, 0.2) is 24.3 Å². The van der Waals surface area contributed by atoms with Crippen molar-refractivity contribution in [2.24, 2.45) is 5.92 Å². The van der Waals surface area contributed by atoms with Gasteiger partial charge < -0.3 is 19.9 Å². The van der Waals surface area contributed by atoms with Gasteiger partial charge in [-0.25, -0.2) is 4.79 Å². The van der Waals surface area contributed by atoms with Crippen molar-refractivity contribution in [3.63, 3.8) is 0 Å². The van der Waals surface area contributed by atoms with Crippen molar-refractivity contribution in [1.29, 1.82) is 0 Å². The predicted octanol–water partition coefficient (Wildman–Crippen LogP) is 2.14. The predicted molar refractivity (Wildman–Crippen MR) is 84.3 cm³/mol. The molecule has 0 radical (unpaired) electrons. The van der Waals surface area contributed by atoms with Gasteiger partial charge in [-0.2, -0.15) is 0 Å². The summed E-state index contributed by atoms with van der Waals surface area (Å²) >= 11 is 0. The number of nitrogens with one attached hydrogen (secondary N) is 1. The molecule has 6 nitrogen and oxygen atoms in total. The first-order valence-corrected chi connectivity index (χ1v) is 7.82. The average Bonchev–Trinajstić information content (AvgIpc) is 2.53. The largest absolute Gasteiger partial charge is 0.482 e. The van der Waals surface area contributed by atoms with Crippen LogP contribution in [0.4, 0.5) is 0 Å². The topological polar surface area (TPSA) is 84.9 Å². The van der Waals surface area contributed by atoms with E-state index in [-0.39, 0.29) is 30.6 Å². The first-order valence-electron chi connectivity index (χ1n) is 7.82. The second-order valence-electron chi connectivity index (χ2n) is 5.88. The number of ether oxygens (including phenoxy) is 2. The summed E-state index contributed by atoms with van der Waals surface area (Å²) in [7, 11) is 0. The van der Waals surface area contributed by atoms with Gasteiger partial charge in [-0.1, -0.05) is 12.1 Å². The van der Waals surface area contributed by atoms with E-state index in [0.29, 0.717) is 12.4 Å². The SMILES string of the molecule is CC1CC(C(=O)NC(C)c2ccc(OCC(=O)O)cc2)CCO1. The molecule has 0 aromatic heterocycles. The molecule has 126 valence electrons. The highest BCUT2D eigenvalue weighted by Gasteiger charge is 2.26. The van der Waals surface area contributed by atoms with E-state index in [4.69, 9.17) is 14.6 Å². The van der Waals surface area contributed by atoms with E-state index >= 15 is 0 Å². The maximum Gasteiger partial charge on any atom is 0.341 e. The molecule has 1 aliphatic rings. The zero-order chi connectivity index (χ0) is 16.8. The first-order chi connectivity index (χ1) is 11.0. The minimum atomic E-state index is -1.01. The molecule has 2 rings (SSSR count). The Kier molecular flexibility index (Phi) is 5.98. The molecule has 1 aliphatic heterocycles. The average molecular weight is 321 g/mol. The van der Waals surface area contributed by atoms with Crippen LogP contribution >= 0.6 is 0 Å². The Morgan fingerprint density at radius 2 is 2.09 bits per heavy atom. The number of amides is 1. The quantitative estimate of drug-likeness (QED) is 0.838. The van der Waals surface area contributed by atoms with Crippen LogP contribution in [0, 0.1) is 5.92 Å². The van der Waals surface area contributed by atoms with Gasteiger partial charge in [0.25, 0.3) is 0 Å². The molecule has 0 spiro atoms. The van der Waals surface area contributed by atoms with E-state index in [9.17, 15) is 9.59 Å². The van der Waals surface area contributed by atoms with E-state index in [0.717, 1.165) is 18.4 Å². The minimum absolute atomic E-state index is 0.000580. The number of hydrogen-bond donors (Lipinski definition) is 2. The van der Waals surface area contributed by atoms with E-state index in [1.807, 2.05) is 26.0 Å². The highest BCUT2D eigenvalue weighted by Crippen LogP contribution is 2.22. The van der Waals surface area contributed by atoms with Crippen LogP contribution in [0.25, 0.3) is 0 Å². The highest BCUT2D eigenvalue weighted by atomic mass is 16.5. The van der Waals surface area contributed by atoms with Gasteiger partial charge >= 0.3 is 5.97 Å². The Morgan fingerprint density at radius 1 is 1.39 bits per heavy atom. The van der Waals surface area contributed by atoms with E-state index in [2.05, 4.69) is 5.32 Å². The third-order valence-electron chi connectivity index (χ3n) is 3.96. The summed E-state index contributed by atoms with van der Waals surface area (Å²) in [6.45, 7) is 4.17. The third kappa shape index (κ3) is 5.25.